The van der Waals surface area contributed by atoms with Crippen molar-refractivity contribution >= 4 is 22.5 Å². The molecular weight excluding hydrogens is 238 g/mol. The van der Waals surface area contributed by atoms with Gasteiger partial charge >= 0.3 is 0 Å². The molecule has 1 saturated heterocycles. The standard InChI is InChI=1S/C15H17N3O/c1-10-8-14(12-4-2-3-5-13(12)17-10)18-15(19)11-6-7-16-9-11/h2-5,8,11,16H,6-7,9H2,1H3,(H,17,18,19). The van der Waals surface area contributed by atoms with Crippen molar-refractivity contribution in [2.45, 2.75) is 13.3 Å². The third-order valence-corrected chi connectivity index (χ3v) is 3.53. The Morgan fingerprint density at radius 3 is 3.05 bits per heavy atom. The first-order valence-corrected chi connectivity index (χ1v) is 6.62. The number of aromatic nitrogens is 1. The van der Waals surface area contributed by atoms with Crippen LogP contribution < -0.4 is 10.6 Å². The lowest BCUT2D eigenvalue weighted by molar-refractivity contribution is -0.119. The van der Waals surface area contributed by atoms with Crippen molar-refractivity contribution in [3.05, 3.63) is 36.0 Å². The molecule has 1 aliphatic rings. The summed E-state index contributed by atoms with van der Waals surface area (Å²) >= 11 is 0. The first-order chi connectivity index (χ1) is 9.24. The SMILES string of the molecule is Cc1cc(NC(=O)C2CCNC2)c2ccccc2n1. The summed E-state index contributed by atoms with van der Waals surface area (Å²) in [6.07, 6.45) is 0.911. The van der Waals surface area contributed by atoms with Crippen LogP contribution >= 0.6 is 0 Å². The number of para-hydroxylation sites is 1. The van der Waals surface area contributed by atoms with Gasteiger partial charge in [0.05, 0.1) is 17.1 Å². The summed E-state index contributed by atoms with van der Waals surface area (Å²) in [7, 11) is 0. The maximum absolute atomic E-state index is 12.2. The number of amides is 1. The third-order valence-electron chi connectivity index (χ3n) is 3.53. The van der Waals surface area contributed by atoms with Gasteiger partial charge in [0.2, 0.25) is 5.91 Å². The molecule has 1 amide bonds. The highest BCUT2D eigenvalue weighted by Crippen LogP contribution is 2.24. The van der Waals surface area contributed by atoms with E-state index in [1.54, 1.807) is 0 Å². The van der Waals surface area contributed by atoms with Crippen LogP contribution in [0, 0.1) is 12.8 Å². The largest absolute Gasteiger partial charge is 0.325 e. The summed E-state index contributed by atoms with van der Waals surface area (Å²) in [5.74, 6) is 0.174. The summed E-state index contributed by atoms with van der Waals surface area (Å²) in [5.41, 5.74) is 2.70. The molecule has 0 aliphatic carbocycles. The molecule has 4 nitrogen and oxygen atoms in total. The van der Waals surface area contributed by atoms with Crippen molar-refractivity contribution in [1.29, 1.82) is 0 Å². The van der Waals surface area contributed by atoms with Gasteiger partial charge in [0.1, 0.15) is 0 Å². The van der Waals surface area contributed by atoms with Crippen molar-refractivity contribution in [3.8, 4) is 0 Å². The highest BCUT2D eigenvalue weighted by atomic mass is 16.1. The van der Waals surface area contributed by atoms with Crippen LogP contribution in [0.5, 0.6) is 0 Å². The average molecular weight is 255 g/mol. The maximum atomic E-state index is 12.2. The Morgan fingerprint density at radius 2 is 2.26 bits per heavy atom. The van der Waals surface area contributed by atoms with Gasteiger partial charge in [-0.3, -0.25) is 9.78 Å². The summed E-state index contributed by atoms with van der Waals surface area (Å²) in [5, 5.41) is 7.26. The van der Waals surface area contributed by atoms with Crippen molar-refractivity contribution in [1.82, 2.24) is 10.3 Å². The molecule has 2 N–H and O–H groups in total. The monoisotopic (exact) mass is 255 g/mol. The van der Waals surface area contributed by atoms with Gasteiger partial charge in [0.15, 0.2) is 0 Å². The molecule has 2 heterocycles. The molecule has 1 unspecified atom stereocenters. The van der Waals surface area contributed by atoms with Gasteiger partial charge in [0, 0.05) is 17.6 Å². The summed E-state index contributed by atoms with van der Waals surface area (Å²) < 4.78 is 0. The van der Waals surface area contributed by atoms with Gasteiger partial charge < -0.3 is 10.6 Å². The van der Waals surface area contributed by atoms with Gasteiger partial charge in [-0.05, 0) is 32.0 Å². The number of aryl methyl sites for hydroxylation is 1. The number of rotatable bonds is 2. The number of carbonyl (C=O) groups excluding carboxylic acids is 1. The Kier molecular flexibility index (Phi) is 3.17. The molecule has 1 aromatic heterocycles. The number of hydrogen-bond donors (Lipinski definition) is 2. The molecule has 1 aliphatic heterocycles. The summed E-state index contributed by atoms with van der Waals surface area (Å²) in [6.45, 7) is 3.64. The number of nitrogens with one attached hydrogen (secondary N) is 2. The van der Waals surface area contributed by atoms with Crippen LogP contribution in [-0.4, -0.2) is 24.0 Å². The average Bonchev–Trinajstić information content (AvgIpc) is 2.92. The van der Waals surface area contributed by atoms with Crippen molar-refractivity contribution in [2.24, 2.45) is 5.92 Å². The molecule has 0 spiro atoms. The fourth-order valence-corrected chi connectivity index (χ4v) is 2.52. The Hall–Kier alpha value is -1.94. The van der Waals surface area contributed by atoms with Crippen LogP contribution in [0.15, 0.2) is 30.3 Å². The van der Waals surface area contributed by atoms with Gasteiger partial charge in [-0.15, -0.1) is 0 Å². The summed E-state index contributed by atoms with van der Waals surface area (Å²) in [6, 6.07) is 9.81. The Bertz CT molecular complexity index is 618. The van der Waals surface area contributed by atoms with E-state index in [1.807, 2.05) is 37.3 Å². The van der Waals surface area contributed by atoms with Crippen LogP contribution in [0.4, 0.5) is 5.69 Å². The fourth-order valence-electron chi connectivity index (χ4n) is 2.52. The van der Waals surface area contributed by atoms with Gasteiger partial charge in [-0.25, -0.2) is 0 Å². The Balaban J connectivity index is 1.93. The van der Waals surface area contributed by atoms with Crippen LogP contribution in [-0.2, 0) is 4.79 Å². The molecule has 0 bridgehead atoms. The smallest absolute Gasteiger partial charge is 0.228 e. The van der Waals surface area contributed by atoms with Gasteiger partial charge in [0.25, 0.3) is 0 Å². The zero-order valence-electron chi connectivity index (χ0n) is 10.9. The minimum Gasteiger partial charge on any atom is -0.325 e. The normalized spacial score (nSPS) is 18.7. The molecule has 3 rings (SSSR count). The molecule has 0 radical (unpaired) electrons. The van der Waals surface area contributed by atoms with Crippen molar-refractivity contribution in [3.63, 3.8) is 0 Å². The Labute approximate surface area is 112 Å². The predicted molar refractivity (Wildman–Crippen MR) is 76.1 cm³/mol. The first-order valence-electron chi connectivity index (χ1n) is 6.62. The summed E-state index contributed by atoms with van der Waals surface area (Å²) in [4.78, 5) is 16.7. The highest BCUT2D eigenvalue weighted by Gasteiger charge is 2.22. The van der Waals surface area contributed by atoms with E-state index in [-0.39, 0.29) is 11.8 Å². The molecule has 98 valence electrons. The van der Waals surface area contributed by atoms with Crippen molar-refractivity contribution in [2.75, 3.05) is 18.4 Å². The van der Waals surface area contributed by atoms with E-state index >= 15 is 0 Å². The van der Waals surface area contributed by atoms with Crippen LogP contribution in [0.25, 0.3) is 10.9 Å². The molecule has 19 heavy (non-hydrogen) atoms. The van der Waals surface area contributed by atoms with E-state index < -0.39 is 0 Å². The van der Waals surface area contributed by atoms with E-state index in [0.717, 1.165) is 41.8 Å². The lowest BCUT2D eigenvalue weighted by atomic mass is 10.1. The minimum atomic E-state index is 0.0761. The molecular formula is C15H17N3O. The number of anilines is 1. The zero-order chi connectivity index (χ0) is 13.2. The second-order valence-electron chi connectivity index (χ2n) is 5.01. The third kappa shape index (κ3) is 2.44. The number of carbonyl (C=O) groups is 1. The predicted octanol–water partition coefficient (Wildman–Crippen LogP) is 2.09. The maximum Gasteiger partial charge on any atom is 0.228 e. The van der Waals surface area contributed by atoms with E-state index in [1.165, 1.54) is 0 Å². The fraction of sp³-hybridized carbons (Fsp3) is 0.333. The van der Waals surface area contributed by atoms with E-state index in [0.29, 0.717) is 0 Å². The van der Waals surface area contributed by atoms with E-state index in [2.05, 4.69) is 15.6 Å². The lowest BCUT2D eigenvalue weighted by Crippen LogP contribution is -2.24. The van der Waals surface area contributed by atoms with Crippen molar-refractivity contribution < 1.29 is 4.79 Å². The van der Waals surface area contributed by atoms with E-state index in [9.17, 15) is 4.79 Å². The number of fused-ring (bicyclic) bond motifs is 1. The molecule has 1 aromatic carbocycles. The lowest BCUT2D eigenvalue weighted by Gasteiger charge is -2.12. The van der Waals surface area contributed by atoms with Crippen LogP contribution in [0.1, 0.15) is 12.1 Å². The number of pyridine rings is 1. The quantitative estimate of drug-likeness (QED) is 0.864. The minimum absolute atomic E-state index is 0.0761. The van der Waals surface area contributed by atoms with Gasteiger partial charge in [-0.2, -0.15) is 0 Å². The van der Waals surface area contributed by atoms with Crippen LogP contribution in [0.2, 0.25) is 0 Å². The van der Waals surface area contributed by atoms with Gasteiger partial charge in [-0.1, -0.05) is 18.2 Å². The molecule has 1 atom stereocenters. The first kappa shape index (κ1) is 12.1. The second kappa shape index (κ2) is 4.97. The van der Waals surface area contributed by atoms with Crippen LogP contribution in [0.3, 0.4) is 0 Å². The number of nitrogens with zero attached hydrogens (tertiary/aromatic N) is 1. The highest BCUT2D eigenvalue weighted by molar-refractivity contribution is 6.01. The molecule has 0 saturated carbocycles. The molecule has 4 heteroatoms. The Morgan fingerprint density at radius 1 is 1.42 bits per heavy atom. The topological polar surface area (TPSA) is 54.0 Å². The number of hydrogen-bond acceptors (Lipinski definition) is 3. The van der Waals surface area contributed by atoms with E-state index in [4.69, 9.17) is 0 Å². The second-order valence-corrected chi connectivity index (χ2v) is 5.01. The molecule has 2 aromatic rings. The molecule has 1 fully saturated rings. The number of benzene rings is 1. The zero-order valence-corrected chi connectivity index (χ0v) is 10.9.